The zero-order chi connectivity index (χ0) is 13.6. The first-order valence-electron chi connectivity index (χ1n) is 6.96. The molecule has 0 radical (unpaired) electrons. The highest BCUT2D eigenvalue weighted by Gasteiger charge is 2.48. The number of rotatable bonds is 0. The molecule has 3 atom stereocenters. The number of ether oxygens (including phenoxy) is 1. The van der Waals surface area contributed by atoms with Gasteiger partial charge in [0, 0.05) is 30.6 Å². The fourth-order valence-electron chi connectivity index (χ4n) is 3.10. The Balaban J connectivity index is 1.95. The Bertz CT molecular complexity index is 337. The van der Waals surface area contributed by atoms with Crippen molar-refractivity contribution in [2.45, 2.75) is 65.1 Å². The van der Waals surface area contributed by atoms with Gasteiger partial charge in [-0.3, -0.25) is 0 Å². The zero-order valence-electron chi connectivity index (χ0n) is 12.2. The van der Waals surface area contributed by atoms with Crippen molar-refractivity contribution in [1.29, 1.82) is 0 Å². The van der Waals surface area contributed by atoms with Gasteiger partial charge in [-0.2, -0.15) is 0 Å². The molecule has 18 heavy (non-hydrogen) atoms. The van der Waals surface area contributed by atoms with Gasteiger partial charge in [-0.15, -0.1) is 0 Å². The minimum absolute atomic E-state index is 0.162. The molecule has 0 bridgehead atoms. The van der Waals surface area contributed by atoms with Crippen molar-refractivity contribution in [3.63, 3.8) is 0 Å². The summed E-state index contributed by atoms with van der Waals surface area (Å²) >= 11 is 0. The highest BCUT2D eigenvalue weighted by molar-refractivity contribution is 5.68. The molecule has 2 saturated heterocycles. The molecule has 4 heteroatoms. The summed E-state index contributed by atoms with van der Waals surface area (Å²) in [5.41, 5.74) is 0.00911. The molecule has 0 saturated carbocycles. The van der Waals surface area contributed by atoms with Crippen LogP contribution >= 0.6 is 0 Å². The molecule has 0 aromatic heterocycles. The molecule has 2 heterocycles. The van der Waals surface area contributed by atoms with Gasteiger partial charge in [0.05, 0.1) is 0 Å². The normalized spacial score (nSPS) is 36.4. The van der Waals surface area contributed by atoms with E-state index in [0.29, 0.717) is 11.5 Å². The molecule has 2 aliphatic rings. The molecule has 0 aromatic rings. The van der Waals surface area contributed by atoms with Gasteiger partial charge in [0.2, 0.25) is 0 Å². The molecule has 1 N–H and O–H groups in total. The van der Waals surface area contributed by atoms with Crippen LogP contribution < -0.4 is 5.32 Å². The number of piperidine rings is 1. The van der Waals surface area contributed by atoms with Gasteiger partial charge >= 0.3 is 6.09 Å². The minimum atomic E-state index is -0.406. The van der Waals surface area contributed by atoms with Crippen LogP contribution in [0.1, 0.15) is 47.5 Å². The van der Waals surface area contributed by atoms with Crippen LogP contribution in [0.2, 0.25) is 0 Å². The van der Waals surface area contributed by atoms with Gasteiger partial charge in [-0.1, -0.05) is 0 Å². The van der Waals surface area contributed by atoms with Crippen molar-refractivity contribution in [2.24, 2.45) is 5.41 Å². The van der Waals surface area contributed by atoms with E-state index < -0.39 is 5.60 Å². The van der Waals surface area contributed by atoms with E-state index in [9.17, 15) is 4.79 Å². The van der Waals surface area contributed by atoms with Gasteiger partial charge in [0.1, 0.15) is 5.60 Å². The van der Waals surface area contributed by atoms with Crippen molar-refractivity contribution < 1.29 is 9.53 Å². The summed E-state index contributed by atoms with van der Waals surface area (Å²) in [5, 5.41) is 3.44. The maximum atomic E-state index is 12.1. The molecular formula is C14H26N2O2. The first-order chi connectivity index (χ1) is 8.23. The Hall–Kier alpha value is -0.770. The second kappa shape index (κ2) is 4.41. The van der Waals surface area contributed by atoms with E-state index in [1.54, 1.807) is 0 Å². The second-order valence-electron chi connectivity index (χ2n) is 6.94. The van der Waals surface area contributed by atoms with Crippen molar-refractivity contribution in [3.05, 3.63) is 0 Å². The van der Waals surface area contributed by atoms with Crippen LogP contribution in [0.5, 0.6) is 0 Å². The van der Waals surface area contributed by atoms with Crippen molar-refractivity contribution in [1.82, 2.24) is 10.2 Å². The summed E-state index contributed by atoms with van der Waals surface area (Å²) in [6.45, 7) is 12.1. The summed E-state index contributed by atoms with van der Waals surface area (Å²) in [7, 11) is 0. The van der Waals surface area contributed by atoms with Crippen LogP contribution in [0.15, 0.2) is 0 Å². The molecule has 1 amide bonds. The minimum Gasteiger partial charge on any atom is -0.444 e. The van der Waals surface area contributed by atoms with Gasteiger partial charge in [0.15, 0.2) is 0 Å². The van der Waals surface area contributed by atoms with Gasteiger partial charge < -0.3 is 15.0 Å². The number of nitrogens with zero attached hydrogens (tertiary/aromatic N) is 1. The predicted molar refractivity (Wildman–Crippen MR) is 71.5 cm³/mol. The third-order valence-corrected chi connectivity index (χ3v) is 4.39. The Morgan fingerprint density at radius 3 is 2.44 bits per heavy atom. The largest absolute Gasteiger partial charge is 0.444 e. The highest BCUT2D eigenvalue weighted by atomic mass is 16.6. The van der Waals surface area contributed by atoms with Crippen LogP contribution in [0, 0.1) is 5.41 Å². The monoisotopic (exact) mass is 254 g/mol. The lowest BCUT2D eigenvalue weighted by molar-refractivity contribution is -0.0333. The molecular weight excluding hydrogens is 228 g/mol. The van der Waals surface area contributed by atoms with E-state index in [0.717, 1.165) is 25.9 Å². The Morgan fingerprint density at radius 1 is 1.39 bits per heavy atom. The summed E-state index contributed by atoms with van der Waals surface area (Å²) in [6.07, 6.45) is 2.01. The molecule has 2 rings (SSSR count). The first-order valence-corrected chi connectivity index (χ1v) is 6.96. The van der Waals surface area contributed by atoms with Crippen molar-refractivity contribution in [2.75, 3.05) is 13.1 Å². The van der Waals surface area contributed by atoms with Gasteiger partial charge in [-0.25, -0.2) is 4.79 Å². The third-order valence-electron chi connectivity index (χ3n) is 4.39. The molecule has 2 fully saturated rings. The number of hydrogen-bond acceptors (Lipinski definition) is 3. The lowest BCUT2D eigenvalue weighted by Gasteiger charge is -2.55. The molecule has 0 unspecified atom stereocenters. The predicted octanol–water partition coefficient (Wildman–Crippen LogP) is 2.38. The smallest absolute Gasteiger partial charge is 0.410 e. The number of amides is 1. The van der Waals surface area contributed by atoms with E-state index in [1.807, 2.05) is 25.7 Å². The summed E-state index contributed by atoms with van der Waals surface area (Å²) in [5.74, 6) is 0. The topological polar surface area (TPSA) is 41.6 Å². The number of carbonyl (C=O) groups is 1. The van der Waals surface area contributed by atoms with Gasteiger partial charge in [0.25, 0.3) is 0 Å². The zero-order valence-corrected chi connectivity index (χ0v) is 12.2. The maximum absolute atomic E-state index is 12.1. The van der Waals surface area contributed by atoms with Crippen LogP contribution in [0.3, 0.4) is 0 Å². The third kappa shape index (κ3) is 2.48. The van der Waals surface area contributed by atoms with Crippen molar-refractivity contribution >= 4 is 6.09 Å². The van der Waals surface area contributed by atoms with Crippen molar-refractivity contribution in [3.8, 4) is 0 Å². The number of carbonyl (C=O) groups excluding carboxylic acids is 1. The summed E-state index contributed by atoms with van der Waals surface area (Å²) < 4.78 is 5.47. The lowest BCUT2D eigenvalue weighted by Crippen LogP contribution is -2.66. The van der Waals surface area contributed by atoms with Crippen LogP contribution in [0.4, 0.5) is 4.79 Å². The number of likely N-dealkylation sites (tertiary alicyclic amines) is 1. The molecule has 1 spiro atoms. The van der Waals surface area contributed by atoms with Crippen LogP contribution in [-0.2, 0) is 4.74 Å². The fourth-order valence-corrected chi connectivity index (χ4v) is 3.10. The SMILES string of the molecule is C[C@H]1C[C@]2(CCN1C(=O)OC(C)(C)C)CN[C@@H]2C. The number of hydrogen-bond donors (Lipinski definition) is 1. The van der Waals surface area contributed by atoms with Gasteiger partial charge in [-0.05, 0) is 47.5 Å². The quantitative estimate of drug-likeness (QED) is 0.721. The van der Waals surface area contributed by atoms with E-state index >= 15 is 0 Å². The standard InChI is InChI=1S/C14H26N2O2/c1-10-8-14(9-15-11(14)2)6-7-16(10)12(17)18-13(3,4)5/h10-11,15H,6-9H2,1-5H3/t10-,11+,14+/m0/s1. The average Bonchev–Trinajstić information content (AvgIpc) is 2.24. The average molecular weight is 254 g/mol. The fraction of sp³-hybridized carbons (Fsp3) is 0.929. The Kier molecular flexibility index (Phi) is 3.34. The van der Waals surface area contributed by atoms with E-state index in [1.165, 1.54) is 0 Å². The summed E-state index contributed by atoms with van der Waals surface area (Å²) in [4.78, 5) is 14.0. The van der Waals surface area contributed by atoms with Crippen LogP contribution in [-0.4, -0.2) is 41.8 Å². The summed E-state index contributed by atoms with van der Waals surface area (Å²) in [6, 6.07) is 0.860. The van der Waals surface area contributed by atoms with E-state index in [4.69, 9.17) is 4.74 Å². The molecule has 2 aliphatic heterocycles. The Labute approximate surface area is 110 Å². The van der Waals surface area contributed by atoms with E-state index in [2.05, 4.69) is 19.2 Å². The lowest BCUT2D eigenvalue weighted by atomic mass is 9.66. The highest BCUT2D eigenvalue weighted by Crippen LogP contribution is 2.42. The van der Waals surface area contributed by atoms with Crippen LogP contribution in [0.25, 0.3) is 0 Å². The molecule has 104 valence electrons. The van der Waals surface area contributed by atoms with E-state index in [-0.39, 0.29) is 12.1 Å². The molecule has 4 nitrogen and oxygen atoms in total. The number of nitrogens with one attached hydrogen (secondary N) is 1. The second-order valence-corrected chi connectivity index (χ2v) is 6.94. The first kappa shape index (κ1) is 13.7. The maximum Gasteiger partial charge on any atom is 0.410 e. The Morgan fingerprint density at radius 2 is 2.06 bits per heavy atom. The molecule has 0 aliphatic carbocycles. The molecule has 0 aromatic carbocycles.